The molecule has 1 aliphatic carbocycles. The summed E-state index contributed by atoms with van der Waals surface area (Å²) in [7, 11) is 0. The second kappa shape index (κ2) is 4.77. The lowest BCUT2D eigenvalue weighted by Gasteiger charge is -2.15. The smallest absolute Gasteiger partial charge is 0.139 e. The third kappa shape index (κ3) is 2.45. The SMILES string of the molecule is Cc1noc(C)c1C(C)Nc1cc(N)nc(C2CC2)n1. The molecule has 20 heavy (non-hydrogen) atoms. The molecule has 0 aromatic carbocycles. The van der Waals surface area contributed by atoms with Gasteiger partial charge in [-0.2, -0.15) is 0 Å². The van der Waals surface area contributed by atoms with Crippen molar-refractivity contribution in [3.8, 4) is 0 Å². The van der Waals surface area contributed by atoms with Crippen LogP contribution in [0.25, 0.3) is 0 Å². The monoisotopic (exact) mass is 273 g/mol. The highest BCUT2D eigenvalue weighted by atomic mass is 16.5. The molecule has 2 aromatic heterocycles. The van der Waals surface area contributed by atoms with Crippen molar-refractivity contribution in [3.05, 3.63) is 28.9 Å². The first kappa shape index (κ1) is 12.9. The average Bonchev–Trinajstić information content (AvgIpc) is 3.15. The lowest BCUT2D eigenvalue weighted by Crippen LogP contribution is -2.11. The molecule has 0 aliphatic heterocycles. The maximum absolute atomic E-state index is 5.86. The van der Waals surface area contributed by atoms with Crippen molar-refractivity contribution < 1.29 is 4.52 Å². The van der Waals surface area contributed by atoms with Crippen molar-refractivity contribution in [1.29, 1.82) is 0 Å². The Bertz CT molecular complexity index is 613. The van der Waals surface area contributed by atoms with Gasteiger partial charge in [0.05, 0.1) is 11.7 Å². The number of rotatable bonds is 4. The number of nitrogens with two attached hydrogens (primary N) is 1. The molecule has 2 heterocycles. The first-order valence-corrected chi connectivity index (χ1v) is 6.88. The number of aryl methyl sites for hydroxylation is 2. The number of hydrogen-bond donors (Lipinski definition) is 2. The van der Waals surface area contributed by atoms with Crippen LogP contribution in [0.15, 0.2) is 10.6 Å². The van der Waals surface area contributed by atoms with E-state index in [2.05, 4.69) is 27.4 Å². The van der Waals surface area contributed by atoms with Crippen LogP contribution in [0.3, 0.4) is 0 Å². The van der Waals surface area contributed by atoms with Crippen LogP contribution in [-0.4, -0.2) is 15.1 Å². The number of anilines is 2. The molecule has 1 fully saturated rings. The second-order valence-corrected chi connectivity index (χ2v) is 5.41. The normalized spacial score (nSPS) is 16.1. The molecule has 3 rings (SSSR count). The lowest BCUT2D eigenvalue weighted by molar-refractivity contribution is 0.392. The minimum absolute atomic E-state index is 0.0580. The Labute approximate surface area is 117 Å². The van der Waals surface area contributed by atoms with E-state index >= 15 is 0 Å². The van der Waals surface area contributed by atoms with Gasteiger partial charge in [-0.25, -0.2) is 9.97 Å². The molecule has 3 N–H and O–H groups in total. The maximum atomic E-state index is 5.86. The van der Waals surface area contributed by atoms with Crippen LogP contribution in [0.1, 0.15) is 54.6 Å². The van der Waals surface area contributed by atoms with Crippen molar-refractivity contribution >= 4 is 11.6 Å². The lowest BCUT2D eigenvalue weighted by atomic mass is 10.1. The molecule has 0 radical (unpaired) electrons. The fraction of sp³-hybridized carbons (Fsp3) is 0.500. The molecule has 0 amide bonds. The topological polar surface area (TPSA) is 89.9 Å². The van der Waals surface area contributed by atoms with Crippen molar-refractivity contribution in [3.63, 3.8) is 0 Å². The number of hydrogen-bond acceptors (Lipinski definition) is 6. The molecule has 0 saturated heterocycles. The Balaban J connectivity index is 1.83. The van der Waals surface area contributed by atoms with Crippen molar-refractivity contribution in [2.75, 3.05) is 11.1 Å². The Kier molecular flexibility index (Phi) is 3.08. The highest BCUT2D eigenvalue weighted by Gasteiger charge is 2.27. The Hall–Kier alpha value is -2.11. The van der Waals surface area contributed by atoms with E-state index in [0.29, 0.717) is 11.7 Å². The van der Waals surface area contributed by atoms with Crippen LogP contribution in [0.2, 0.25) is 0 Å². The first-order valence-electron chi connectivity index (χ1n) is 6.88. The summed E-state index contributed by atoms with van der Waals surface area (Å²) in [6.07, 6.45) is 2.31. The number of nitrogens with one attached hydrogen (secondary N) is 1. The summed E-state index contributed by atoms with van der Waals surface area (Å²) in [5, 5.41) is 7.34. The van der Waals surface area contributed by atoms with Crippen LogP contribution >= 0.6 is 0 Å². The summed E-state index contributed by atoms with van der Waals surface area (Å²) in [5.41, 5.74) is 7.82. The van der Waals surface area contributed by atoms with Gasteiger partial charge in [-0.1, -0.05) is 5.16 Å². The minimum Gasteiger partial charge on any atom is -0.384 e. The van der Waals surface area contributed by atoms with E-state index < -0.39 is 0 Å². The molecule has 1 saturated carbocycles. The van der Waals surface area contributed by atoms with Crippen LogP contribution < -0.4 is 11.1 Å². The van der Waals surface area contributed by atoms with Gasteiger partial charge < -0.3 is 15.6 Å². The van der Waals surface area contributed by atoms with Gasteiger partial charge >= 0.3 is 0 Å². The molecule has 1 atom stereocenters. The molecule has 1 aliphatic rings. The highest BCUT2D eigenvalue weighted by Crippen LogP contribution is 2.38. The molecule has 2 aromatic rings. The molecule has 6 heteroatoms. The van der Waals surface area contributed by atoms with Crippen molar-refractivity contribution in [2.45, 2.75) is 45.6 Å². The zero-order valence-corrected chi connectivity index (χ0v) is 12.0. The molecular formula is C14H19N5O. The number of nitrogen functional groups attached to an aromatic ring is 1. The molecule has 0 spiro atoms. The van der Waals surface area contributed by atoms with E-state index in [4.69, 9.17) is 10.3 Å². The third-order valence-corrected chi connectivity index (χ3v) is 3.59. The number of nitrogens with zero attached hydrogens (tertiary/aromatic N) is 3. The summed E-state index contributed by atoms with van der Waals surface area (Å²) >= 11 is 0. The predicted molar refractivity (Wildman–Crippen MR) is 76.4 cm³/mol. The van der Waals surface area contributed by atoms with Gasteiger partial charge in [-0.3, -0.25) is 0 Å². The fourth-order valence-corrected chi connectivity index (χ4v) is 2.49. The summed E-state index contributed by atoms with van der Waals surface area (Å²) in [5.74, 6) is 3.42. The van der Waals surface area contributed by atoms with Crippen LogP contribution in [-0.2, 0) is 0 Å². The Morgan fingerprint density at radius 2 is 2.10 bits per heavy atom. The Morgan fingerprint density at radius 3 is 2.70 bits per heavy atom. The molecular weight excluding hydrogens is 254 g/mol. The third-order valence-electron chi connectivity index (χ3n) is 3.59. The van der Waals surface area contributed by atoms with Gasteiger partial charge in [0.2, 0.25) is 0 Å². The van der Waals surface area contributed by atoms with Crippen LogP contribution in [0, 0.1) is 13.8 Å². The predicted octanol–water partition coefficient (Wildman–Crippen LogP) is 2.71. The average molecular weight is 273 g/mol. The van der Waals surface area contributed by atoms with Gasteiger partial charge in [0, 0.05) is 17.5 Å². The maximum Gasteiger partial charge on any atom is 0.139 e. The van der Waals surface area contributed by atoms with E-state index in [9.17, 15) is 0 Å². The van der Waals surface area contributed by atoms with Gasteiger partial charge in [0.25, 0.3) is 0 Å². The quantitative estimate of drug-likeness (QED) is 0.890. The summed E-state index contributed by atoms with van der Waals surface area (Å²) in [6, 6.07) is 1.82. The van der Waals surface area contributed by atoms with E-state index in [1.54, 1.807) is 6.07 Å². The largest absolute Gasteiger partial charge is 0.384 e. The minimum atomic E-state index is 0.0580. The standard InChI is InChI=1S/C14H19N5O/c1-7(13-8(2)19-20-9(13)3)16-12-6-11(15)17-14(18-12)10-4-5-10/h6-7,10H,4-5H2,1-3H3,(H3,15,16,17,18). The van der Waals surface area contributed by atoms with Gasteiger partial charge in [0.1, 0.15) is 23.2 Å². The summed E-state index contributed by atoms with van der Waals surface area (Å²) in [6.45, 7) is 5.91. The first-order chi connectivity index (χ1) is 9.54. The van der Waals surface area contributed by atoms with E-state index in [0.717, 1.165) is 41.5 Å². The highest BCUT2D eigenvalue weighted by molar-refractivity contribution is 5.47. The van der Waals surface area contributed by atoms with Gasteiger partial charge in [-0.05, 0) is 33.6 Å². The van der Waals surface area contributed by atoms with E-state index in [-0.39, 0.29) is 6.04 Å². The molecule has 6 nitrogen and oxygen atoms in total. The van der Waals surface area contributed by atoms with E-state index in [1.807, 2.05) is 13.8 Å². The summed E-state index contributed by atoms with van der Waals surface area (Å²) in [4.78, 5) is 8.85. The zero-order valence-electron chi connectivity index (χ0n) is 12.0. The fourth-order valence-electron chi connectivity index (χ4n) is 2.49. The Morgan fingerprint density at radius 1 is 1.35 bits per heavy atom. The second-order valence-electron chi connectivity index (χ2n) is 5.41. The van der Waals surface area contributed by atoms with Crippen LogP contribution in [0.5, 0.6) is 0 Å². The van der Waals surface area contributed by atoms with E-state index in [1.165, 1.54) is 0 Å². The molecule has 106 valence electrons. The zero-order chi connectivity index (χ0) is 14.3. The van der Waals surface area contributed by atoms with Gasteiger partial charge in [-0.15, -0.1) is 0 Å². The van der Waals surface area contributed by atoms with Gasteiger partial charge in [0.15, 0.2) is 0 Å². The van der Waals surface area contributed by atoms with Crippen molar-refractivity contribution in [2.24, 2.45) is 0 Å². The molecule has 1 unspecified atom stereocenters. The number of aromatic nitrogens is 3. The summed E-state index contributed by atoms with van der Waals surface area (Å²) < 4.78 is 5.20. The van der Waals surface area contributed by atoms with Crippen molar-refractivity contribution in [1.82, 2.24) is 15.1 Å². The molecule has 0 bridgehead atoms. The van der Waals surface area contributed by atoms with Crippen LogP contribution in [0.4, 0.5) is 11.6 Å².